The fourth-order valence-corrected chi connectivity index (χ4v) is 3.15. The Morgan fingerprint density at radius 2 is 1.61 bits per heavy atom. The summed E-state index contributed by atoms with van der Waals surface area (Å²) in [6.45, 7) is 6.50. The van der Waals surface area contributed by atoms with Crippen molar-refractivity contribution in [3.63, 3.8) is 0 Å². The molecular formula is C24H31N3O3S. The van der Waals surface area contributed by atoms with Gasteiger partial charge in [0.1, 0.15) is 5.75 Å². The minimum atomic E-state index is -0.370. The van der Waals surface area contributed by atoms with E-state index in [0.29, 0.717) is 29.2 Å². The van der Waals surface area contributed by atoms with Crippen LogP contribution in [0.4, 0.5) is 5.69 Å². The molecule has 0 aliphatic heterocycles. The van der Waals surface area contributed by atoms with Gasteiger partial charge in [0.05, 0.1) is 23.4 Å². The number of hydrogen-bond acceptors (Lipinski definition) is 4. The Morgan fingerprint density at radius 1 is 0.935 bits per heavy atom. The van der Waals surface area contributed by atoms with E-state index >= 15 is 0 Å². The summed E-state index contributed by atoms with van der Waals surface area (Å²) < 4.78 is 5.81. The van der Waals surface area contributed by atoms with Crippen LogP contribution in [0.1, 0.15) is 67.2 Å². The molecule has 0 spiro atoms. The van der Waals surface area contributed by atoms with E-state index in [-0.39, 0.29) is 23.0 Å². The van der Waals surface area contributed by atoms with E-state index in [0.717, 1.165) is 19.3 Å². The van der Waals surface area contributed by atoms with Crippen LogP contribution in [0, 0.1) is 0 Å². The Kier molecular flexibility index (Phi) is 9.97. The molecule has 0 fully saturated rings. The SMILES string of the molecule is CCCCCCOc1ccccc1C(=O)NC(=S)Nc1ccccc1C(=O)NC(C)C. The standard InChI is InChI=1S/C24H31N3O3S/c1-4-5-6-11-16-30-21-15-10-8-13-19(21)23(29)27-24(31)26-20-14-9-7-12-18(20)22(28)25-17(2)3/h7-10,12-15,17H,4-6,11,16H2,1-3H3,(H,25,28)(H2,26,27,29,31). The van der Waals surface area contributed by atoms with E-state index in [2.05, 4.69) is 22.9 Å². The fourth-order valence-electron chi connectivity index (χ4n) is 2.95. The highest BCUT2D eigenvalue weighted by Crippen LogP contribution is 2.19. The van der Waals surface area contributed by atoms with Crippen LogP contribution in [0.5, 0.6) is 5.75 Å². The van der Waals surface area contributed by atoms with Crippen LogP contribution < -0.4 is 20.7 Å². The maximum atomic E-state index is 12.8. The molecular weight excluding hydrogens is 410 g/mol. The van der Waals surface area contributed by atoms with Crippen LogP contribution in [0.25, 0.3) is 0 Å². The maximum Gasteiger partial charge on any atom is 0.261 e. The summed E-state index contributed by atoms with van der Waals surface area (Å²) in [5.41, 5.74) is 1.38. The van der Waals surface area contributed by atoms with E-state index in [1.807, 2.05) is 19.9 Å². The second-order valence-electron chi connectivity index (χ2n) is 7.49. The van der Waals surface area contributed by atoms with Crippen molar-refractivity contribution in [2.24, 2.45) is 0 Å². The number of carbonyl (C=O) groups excluding carboxylic acids is 2. The molecule has 0 radical (unpaired) electrons. The number of rotatable bonds is 10. The molecule has 2 aromatic carbocycles. The van der Waals surface area contributed by atoms with Crippen molar-refractivity contribution < 1.29 is 14.3 Å². The number of para-hydroxylation sites is 2. The van der Waals surface area contributed by atoms with Crippen LogP contribution in [0.3, 0.4) is 0 Å². The van der Waals surface area contributed by atoms with Gasteiger partial charge in [0.15, 0.2) is 5.11 Å². The van der Waals surface area contributed by atoms with Crippen molar-refractivity contribution in [1.29, 1.82) is 0 Å². The lowest BCUT2D eigenvalue weighted by molar-refractivity contribution is 0.0942. The van der Waals surface area contributed by atoms with Gasteiger partial charge in [-0.15, -0.1) is 0 Å². The van der Waals surface area contributed by atoms with Crippen molar-refractivity contribution >= 4 is 34.8 Å². The van der Waals surface area contributed by atoms with Gasteiger partial charge in [-0.25, -0.2) is 0 Å². The van der Waals surface area contributed by atoms with Gasteiger partial charge in [-0.05, 0) is 56.8 Å². The van der Waals surface area contributed by atoms with Gasteiger partial charge >= 0.3 is 0 Å². The first kappa shape index (κ1) is 24.3. The summed E-state index contributed by atoms with van der Waals surface area (Å²) in [5, 5.41) is 8.58. The molecule has 2 rings (SSSR count). The largest absolute Gasteiger partial charge is 0.493 e. The minimum Gasteiger partial charge on any atom is -0.493 e. The molecule has 3 N–H and O–H groups in total. The normalized spacial score (nSPS) is 10.5. The summed E-state index contributed by atoms with van der Waals surface area (Å²) in [4.78, 5) is 25.2. The number of hydrogen-bond donors (Lipinski definition) is 3. The molecule has 0 saturated carbocycles. The Labute approximate surface area is 189 Å². The number of nitrogens with one attached hydrogen (secondary N) is 3. The molecule has 0 aromatic heterocycles. The van der Waals surface area contributed by atoms with Crippen LogP contribution in [0.2, 0.25) is 0 Å². The van der Waals surface area contributed by atoms with Gasteiger partial charge in [0, 0.05) is 6.04 Å². The van der Waals surface area contributed by atoms with Crippen LogP contribution in [-0.4, -0.2) is 29.6 Å². The molecule has 6 nitrogen and oxygen atoms in total. The lowest BCUT2D eigenvalue weighted by atomic mass is 10.1. The summed E-state index contributed by atoms with van der Waals surface area (Å²) in [5.74, 6) is -0.0594. The lowest BCUT2D eigenvalue weighted by Gasteiger charge is -2.15. The zero-order chi connectivity index (χ0) is 22.6. The number of carbonyl (C=O) groups is 2. The number of ether oxygens (including phenoxy) is 1. The van der Waals surface area contributed by atoms with Crippen molar-refractivity contribution in [2.45, 2.75) is 52.5 Å². The molecule has 0 unspecified atom stereocenters. The zero-order valence-electron chi connectivity index (χ0n) is 18.4. The van der Waals surface area contributed by atoms with Gasteiger partial charge in [-0.3, -0.25) is 14.9 Å². The molecule has 2 aromatic rings. The third-order valence-corrected chi connectivity index (χ3v) is 4.66. The molecule has 0 aliphatic carbocycles. The first-order chi connectivity index (χ1) is 14.9. The second kappa shape index (κ2) is 12.7. The average Bonchev–Trinajstić information content (AvgIpc) is 2.73. The number of amides is 2. The van der Waals surface area contributed by atoms with Crippen molar-refractivity contribution in [3.8, 4) is 5.75 Å². The molecule has 31 heavy (non-hydrogen) atoms. The Balaban J connectivity index is 2.01. The summed E-state index contributed by atoms with van der Waals surface area (Å²) in [6, 6.07) is 14.1. The topological polar surface area (TPSA) is 79.5 Å². The number of benzene rings is 2. The summed E-state index contributed by atoms with van der Waals surface area (Å²) in [6.07, 6.45) is 4.37. The highest BCUT2D eigenvalue weighted by atomic mass is 32.1. The molecule has 0 aliphatic rings. The van der Waals surface area contributed by atoms with E-state index in [9.17, 15) is 9.59 Å². The highest BCUT2D eigenvalue weighted by Gasteiger charge is 2.16. The third kappa shape index (κ3) is 8.02. The van der Waals surface area contributed by atoms with Gasteiger partial charge in [0.25, 0.3) is 11.8 Å². The van der Waals surface area contributed by atoms with Gasteiger partial charge in [-0.1, -0.05) is 50.5 Å². The smallest absolute Gasteiger partial charge is 0.261 e. The number of thiocarbonyl (C=S) groups is 1. The van der Waals surface area contributed by atoms with Crippen LogP contribution in [-0.2, 0) is 0 Å². The van der Waals surface area contributed by atoms with Crippen molar-refractivity contribution in [2.75, 3.05) is 11.9 Å². The molecule has 0 atom stereocenters. The van der Waals surface area contributed by atoms with Gasteiger partial charge in [-0.2, -0.15) is 0 Å². The van der Waals surface area contributed by atoms with Crippen molar-refractivity contribution in [3.05, 3.63) is 59.7 Å². The van der Waals surface area contributed by atoms with E-state index in [1.54, 1.807) is 42.5 Å². The third-order valence-electron chi connectivity index (χ3n) is 4.45. The van der Waals surface area contributed by atoms with Crippen LogP contribution >= 0.6 is 12.2 Å². The van der Waals surface area contributed by atoms with Gasteiger partial charge in [0.2, 0.25) is 0 Å². The monoisotopic (exact) mass is 441 g/mol. The van der Waals surface area contributed by atoms with E-state index in [4.69, 9.17) is 17.0 Å². The zero-order valence-corrected chi connectivity index (χ0v) is 19.2. The Bertz CT molecular complexity index is 899. The van der Waals surface area contributed by atoms with E-state index in [1.165, 1.54) is 6.42 Å². The quantitative estimate of drug-likeness (QED) is 0.361. The second-order valence-corrected chi connectivity index (χ2v) is 7.90. The number of anilines is 1. The van der Waals surface area contributed by atoms with Crippen LogP contribution in [0.15, 0.2) is 48.5 Å². The summed E-state index contributed by atoms with van der Waals surface area (Å²) >= 11 is 5.31. The number of unbranched alkanes of at least 4 members (excludes halogenated alkanes) is 3. The maximum absolute atomic E-state index is 12.8. The van der Waals surface area contributed by atoms with Gasteiger partial charge < -0.3 is 15.4 Å². The molecule has 7 heteroatoms. The molecule has 2 amide bonds. The first-order valence-electron chi connectivity index (χ1n) is 10.7. The predicted molar refractivity (Wildman–Crippen MR) is 129 cm³/mol. The highest BCUT2D eigenvalue weighted by molar-refractivity contribution is 7.80. The van der Waals surface area contributed by atoms with Crippen molar-refractivity contribution in [1.82, 2.24) is 10.6 Å². The minimum absolute atomic E-state index is 0.00526. The fraction of sp³-hybridized carbons (Fsp3) is 0.375. The summed E-state index contributed by atoms with van der Waals surface area (Å²) in [7, 11) is 0. The lowest BCUT2D eigenvalue weighted by Crippen LogP contribution is -2.35. The Morgan fingerprint density at radius 3 is 2.32 bits per heavy atom. The van der Waals surface area contributed by atoms with E-state index < -0.39 is 0 Å². The molecule has 0 heterocycles. The Hall–Kier alpha value is -2.93. The molecule has 166 valence electrons. The molecule has 0 bridgehead atoms. The molecule has 0 saturated heterocycles. The average molecular weight is 442 g/mol. The predicted octanol–water partition coefficient (Wildman–Crippen LogP) is 4.91. The first-order valence-corrected chi connectivity index (χ1v) is 11.1.